The molecule has 0 unspecified atom stereocenters. The number of rotatable bonds is 3. The summed E-state index contributed by atoms with van der Waals surface area (Å²) in [5.74, 6) is 2.00. The summed E-state index contributed by atoms with van der Waals surface area (Å²) < 4.78 is 7.83. The molecule has 0 aromatic carbocycles. The van der Waals surface area contributed by atoms with Gasteiger partial charge in [0.15, 0.2) is 9.83 Å². The highest BCUT2D eigenvalue weighted by molar-refractivity contribution is 9.10. The molecule has 0 fully saturated rings. The summed E-state index contributed by atoms with van der Waals surface area (Å²) in [7, 11) is 1.83. The molecule has 2 N–H and O–H groups in total. The molecule has 2 aromatic rings. The molecule has 2 rings (SSSR count). The molecular formula is C8H9BrN4OS. The zero-order valence-corrected chi connectivity index (χ0v) is 10.4. The Morgan fingerprint density at radius 1 is 1.53 bits per heavy atom. The van der Waals surface area contributed by atoms with E-state index in [9.17, 15) is 0 Å². The van der Waals surface area contributed by atoms with E-state index in [0.29, 0.717) is 11.7 Å². The average Bonchev–Trinajstić information content (AvgIpc) is 2.74. The Bertz CT molecular complexity index is 467. The number of aromatic nitrogens is 3. The Morgan fingerprint density at radius 2 is 2.33 bits per heavy atom. The summed E-state index contributed by atoms with van der Waals surface area (Å²) >= 11 is 4.78. The van der Waals surface area contributed by atoms with Crippen molar-refractivity contribution in [2.24, 2.45) is 7.05 Å². The van der Waals surface area contributed by atoms with Gasteiger partial charge in [-0.15, -0.1) is 10.2 Å². The van der Waals surface area contributed by atoms with Crippen LogP contribution in [-0.4, -0.2) is 14.8 Å². The number of nitrogen functional groups attached to an aromatic ring is 1. The summed E-state index contributed by atoms with van der Waals surface area (Å²) in [6.07, 6.45) is 0. The number of anilines is 1. The predicted molar refractivity (Wildman–Crippen MR) is 61.4 cm³/mol. The fourth-order valence-electron chi connectivity index (χ4n) is 1.02. The Kier molecular flexibility index (Phi) is 3.01. The lowest BCUT2D eigenvalue weighted by Gasteiger charge is -1.98. The first-order valence-electron chi connectivity index (χ1n) is 4.18. The lowest BCUT2D eigenvalue weighted by Crippen LogP contribution is -1.97. The van der Waals surface area contributed by atoms with Gasteiger partial charge in [0.05, 0.1) is 5.75 Å². The minimum Gasteiger partial charge on any atom is -0.453 e. The van der Waals surface area contributed by atoms with Crippen molar-refractivity contribution >= 4 is 33.6 Å². The second-order valence-corrected chi connectivity index (χ2v) is 4.62. The first-order valence-corrected chi connectivity index (χ1v) is 5.96. The van der Waals surface area contributed by atoms with Gasteiger partial charge in [0.25, 0.3) is 0 Å². The van der Waals surface area contributed by atoms with E-state index in [1.54, 1.807) is 4.57 Å². The van der Waals surface area contributed by atoms with Gasteiger partial charge < -0.3 is 10.2 Å². The predicted octanol–water partition coefficient (Wildman–Crippen LogP) is 2.05. The van der Waals surface area contributed by atoms with Crippen molar-refractivity contribution in [1.29, 1.82) is 0 Å². The monoisotopic (exact) mass is 288 g/mol. The number of halogens is 1. The summed E-state index contributed by atoms with van der Waals surface area (Å²) in [6, 6.07) is 3.78. The van der Waals surface area contributed by atoms with Crippen LogP contribution in [0.4, 0.5) is 5.95 Å². The summed E-state index contributed by atoms with van der Waals surface area (Å²) in [5, 5.41) is 8.48. The minimum atomic E-state index is 0.415. The second kappa shape index (κ2) is 4.28. The molecule has 15 heavy (non-hydrogen) atoms. The molecule has 0 spiro atoms. The fourth-order valence-corrected chi connectivity index (χ4v) is 2.17. The topological polar surface area (TPSA) is 69.9 Å². The van der Waals surface area contributed by atoms with Gasteiger partial charge >= 0.3 is 0 Å². The highest BCUT2D eigenvalue weighted by Gasteiger charge is 2.07. The molecule has 5 nitrogen and oxygen atoms in total. The third-order valence-corrected chi connectivity index (χ3v) is 3.31. The summed E-state index contributed by atoms with van der Waals surface area (Å²) in [4.78, 5) is 0. The highest BCUT2D eigenvalue weighted by atomic mass is 79.9. The van der Waals surface area contributed by atoms with Gasteiger partial charge in [0.2, 0.25) is 5.95 Å². The number of furan rings is 1. The van der Waals surface area contributed by atoms with Crippen LogP contribution >= 0.6 is 27.7 Å². The maximum absolute atomic E-state index is 5.56. The molecule has 2 heterocycles. The van der Waals surface area contributed by atoms with Crippen LogP contribution in [0.1, 0.15) is 5.76 Å². The van der Waals surface area contributed by atoms with Gasteiger partial charge in [0, 0.05) is 7.05 Å². The molecule has 7 heteroatoms. The Morgan fingerprint density at radius 3 is 2.87 bits per heavy atom. The van der Waals surface area contributed by atoms with Gasteiger partial charge in [-0.05, 0) is 28.1 Å². The molecule has 0 aliphatic rings. The molecule has 0 radical (unpaired) electrons. The van der Waals surface area contributed by atoms with E-state index in [2.05, 4.69) is 26.1 Å². The van der Waals surface area contributed by atoms with E-state index < -0.39 is 0 Å². The van der Waals surface area contributed by atoms with Crippen LogP contribution in [0.3, 0.4) is 0 Å². The molecule has 0 atom stereocenters. The lowest BCUT2D eigenvalue weighted by molar-refractivity contribution is 0.506. The fraction of sp³-hybridized carbons (Fsp3) is 0.250. The van der Waals surface area contributed by atoms with E-state index in [4.69, 9.17) is 10.2 Å². The van der Waals surface area contributed by atoms with E-state index in [1.165, 1.54) is 11.8 Å². The second-order valence-electron chi connectivity index (χ2n) is 2.89. The van der Waals surface area contributed by atoms with E-state index in [0.717, 1.165) is 15.6 Å². The van der Waals surface area contributed by atoms with E-state index in [1.807, 2.05) is 19.2 Å². The Balaban J connectivity index is 2.02. The third-order valence-electron chi connectivity index (χ3n) is 1.84. The molecule has 0 aliphatic carbocycles. The minimum absolute atomic E-state index is 0.415. The SMILES string of the molecule is Cn1c(N)nnc1SCc1ccc(Br)o1. The van der Waals surface area contributed by atoms with Gasteiger partial charge in [-0.3, -0.25) is 4.57 Å². The Hall–Kier alpha value is -0.950. The number of thioether (sulfide) groups is 1. The molecule has 0 bridgehead atoms. The van der Waals surface area contributed by atoms with Gasteiger partial charge in [0.1, 0.15) is 5.76 Å². The highest BCUT2D eigenvalue weighted by Crippen LogP contribution is 2.24. The quantitative estimate of drug-likeness (QED) is 0.876. The van der Waals surface area contributed by atoms with E-state index >= 15 is 0 Å². The summed E-state index contributed by atoms with van der Waals surface area (Å²) in [5.41, 5.74) is 5.56. The largest absolute Gasteiger partial charge is 0.453 e. The van der Waals surface area contributed by atoms with Crippen LogP contribution in [0.5, 0.6) is 0 Å². The van der Waals surface area contributed by atoms with Gasteiger partial charge in [-0.25, -0.2) is 0 Å². The molecule has 0 amide bonds. The van der Waals surface area contributed by atoms with Crippen molar-refractivity contribution in [3.63, 3.8) is 0 Å². The van der Waals surface area contributed by atoms with Crippen LogP contribution in [0.25, 0.3) is 0 Å². The molecule has 2 aromatic heterocycles. The van der Waals surface area contributed by atoms with Crippen molar-refractivity contribution in [1.82, 2.24) is 14.8 Å². The molecule has 80 valence electrons. The van der Waals surface area contributed by atoms with Crippen molar-refractivity contribution in [3.8, 4) is 0 Å². The molecular weight excluding hydrogens is 280 g/mol. The van der Waals surface area contributed by atoms with Gasteiger partial charge in [-0.1, -0.05) is 11.8 Å². The van der Waals surface area contributed by atoms with Crippen molar-refractivity contribution in [3.05, 3.63) is 22.6 Å². The average molecular weight is 289 g/mol. The zero-order valence-electron chi connectivity index (χ0n) is 7.98. The lowest BCUT2D eigenvalue weighted by atomic mass is 10.5. The van der Waals surface area contributed by atoms with Crippen molar-refractivity contribution in [2.75, 3.05) is 5.73 Å². The first kappa shape index (κ1) is 10.6. The van der Waals surface area contributed by atoms with Gasteiger partial charge in [-0.2, -0.15) is 0 Å². The zero-order chi connectivity index (χ0) is 10.8. The van der Waals surface area contributed by atoms with Crippen molar-refractivity contribution < 1.29 is 4.42 Å². The standard InChI is InChI=1S/C8H9BrN4OS/c1-13-7(10)11-12-8(13)15-4-5-2-3-6(9)14-5/h2-3H,4H2,1H3,(H2,10,11). The van der Waals surface area contributed by atoms with Crippen LogP contribution < -0.4 is 5.73 Å². The maximum atomic E-state index is 5.56. The van der Waals surface area contributed by atoms with Crippen LogP contribution in [0.15, 0.2) is 26.4 Å². The molecule has 0 aliphatic heterocycles. The number of hydrogen-bond acceptors (Lipinski definition) is 5. The van der Waals surface area contributed by atoms with Crippen molar-refractivity contribution in [2.45, 2.75) is 10.9 Å². The third kappa shape index (κ3) is 2.35. The summed E-state index contributed by atoms with van der Waals surface area (Å²) in [6.45, 7) is 0. The van der Waals surface area contributed by atoms with Crippen LogP contribution in [-0.2, 0) is 12.8 Å². The molecule has 0 saturated carbocycles. The van der Waals surface area contributed by atoms with Crippen LogP contribution in [0, 0.1) is 0 Å². The maximum Gasteiger partial charge on any atom is 0.222 e. The molecule has 0 saturated heterocycles. The Labute approximate surface area is 99.2 Å². The normalized spacial score (nSPS) is 10.8. The smallest absolute Gasteiger partial charge is 0.222 e. The van der Waals surface area contributed by atoms with E-state index in [-0.39, 0.29) is 0 Å². The number of nitrogens with zero attached hydrogens (tertiary/aromatic N) is 3. The number of hydrogen-bond donors (Lipinski definition) is 1. The first-order chi connectivity index (χ1) is 7.16. The van der Waals surface area contributed by atoms with Crippen LogP contribution in [0.2, 0.25) is 0 Å². The number of nitrogens with two attached hydrogens (primary N) is 1.